The van der Waals surface area contributed by atoms with Crippen LogP contribution >= 0.6 is 0 Å². The third-order valence-corrected chi connectivity index (χ3v) is 1.88. The standard InChI is InChI=1S/C7H4F3.C7H7/c8-7(9,10)6-4-2-1-3-5-6;1-7-5-3-2-4-6-7/h1-4H;2-3,5-6H,1H3. The molecule has 0 atom stereocenters. The van der Waals surface area contributed by atoms with Gasteiger partial charge in [0.1, 0.15) is 0 Å². The zero-order valence-corrected chi connectivity index (χ0v) is 9.25. The monoisotopic (exact) mass is 236 g/mol. The van der Waals surface area contributed by atoms with Crippen molar-refractivity contribution in [2.24, 2.45) is 0 Å². The number of hydrogen-bond donors (Lipinski definition) is 0. The molecule has 17 heavy (non-hydrogen) atoms. The van der Waals surface area contributed by atoms with Crippen molar-refractivity contribution in [1.29, 1.82) is 0 Å². The van der Waals surface area contributed by atoms with Gasteiger partial charge in [-0.25, -0.2) is 0 Å². The first-order valence-electron chi connectivity index (χ1n) is 4.97. The zero-order chi connectivity index (χ0) is 12.7. The lowest BCUT2D eigenvalue weighted by Crippen LogP contribution is -2.03. The fourth-order valence-corrected chi connectivity index (χ4v) is 1.05. The topological polar surface area (TPSA) is 0 Å². The lowest BCUT2D eigenvalue weighted by molar-refractivity contribution is -0.137. The summed E-state index contributed by atoms with van der Waals surface area (Å²) in [7, 11) is 0. The van der Waals surface area contributed by atoms with E-state index in [2.05, 4.69) is 25.1 Å². The van der Waals surface area contributed by atoms with E-state index >= 15 is 0 Å². The fourth-order valence-electron chi connectivity index (χ4n) is 1.05. The molecule has 2 aromatic carbocycles. The van der Waals surface area contributed by atoms with E-state index in [1.165, 1.54) is 23.8 Å². The van der Waals surface area contributed by atoms with Crippen molar-refractivity contribution < 1.29 is 13.2 Å². The van der Waals surface area contributed by atoms with Gasteiger partial charge in [0, 0.05) is 0 Å². The van der Waals surface area contributed by atoms with Crippen molar-refractivity contribution >= 4 is 0 Å². The molecule has 0 fully saturated rings. The average molecular weight is 236 g/mol. The van der Waals surface area contributed by atoms with E-state index in [-0.39, 0.29) is 0 Å². The number of aryl methyl sites for hydroxylation is 1. The molecule has 0 heterocycles. The van der Waals surface area contributed by atoms with Crippen LogP contribution in [-0.4, -0.2) is 0 Å². The molecule has 88 valence electrons. The number of hydrogen-bond acceptors (Lipinski definition) is 0. The van der Waals surface area contributed by atoms with Gasteiger partial charge in [-0.05, 0) is 25.1 Å². The van der Waals surface area contributed by atoms with Crippen LogP contribution in [0.5, 0.6) is 0 Å². The summed E-state index contributed by atoms with van der Waals surface area (Å²) in [6.07, 6.45) is -4.26. The molecule has 3 heteroatoms. The van der Waals surface area contributed by atoms with Gasteiger partial charge >= 0.3 is 6.18 Å². The summed E-state index contributed by atoms with van der Waals surface area (Å²) in [5.41, 5.74) is 0.539. The molecule has 2 aromatic rings. The quantitative estimate of drug-likeness (QED) is 0.639. The van der Waals surface area contributed by atoms with Gasteiger partial charge in [0.05, 0.1) is 5.56 Å². The lowest BCUT2D eigenvalue weighted by atomic mass is 10.2. The second-order valence-electron chi connectivity index (χ2n) is 3.35. The van der Waals surface area contributed by atoms with Crippen LogP contribution in [0.25, 0.3) is 0 Å². The van der Waals surface area contributed by atoms with Crippen molar-refractivity contribution in [3.8, 4) is 0 Å². The molecule has 0 amide bonds. The van der Waals surface area contributed by atoms with Gasteiger partial charge in [0.2, 0.25) is 0 Å². The van der Waals surface area contributed by atoms with Crippen LogP contribution in [0, 0.1) is 19.1 Å². The van der Waals surface area contributed by atoms with Crippen LogP contribution in [0.2, 0.25) is 0 Å². The highest BCUT2D eigenvalue weighted by atomic mass is 19.4. The van der Waals surface area contributed by atoms with Gasteiger partial charge in [-0.2, -0.15) is 13.2 Å². The van der Waals surface area contributed by atoms with Crippen molar-refractivity contribution in [2.75, 3.05) is 0 Å². The molecule has 0 aromatic heterocycles. The smallest absolute Gasteiger partial charge is 0.166 e. The number of benzene rings is 2. The molecule has 0 saturated heterocycles. The Morgan fingerprint density at radius 3 is 2.06 bits per heavy atom. The number of rotatable bonds is 0. The average Bonchev–Trinajstić information content (AvgIpc) is 2.31. The molecule has 0 unspecified atom stereocenters. The predicted octanol–water partition coefficient (Wildman–Crippen LogP) is 4.30. The minimum Gasteiger partial charge on any atom is -0.166 e. The maximum Gasteiger partial charge on any atom is 0.417 e. The predicted molar refractivity (Wildman–Crippen MR) is 60.3 cm³/mol. The highest BCUT2D eigenvalue weighted by Crippen LogP contribution is 2.27. The first-order chi connectivity index (χ1) is 8.00. The van der Waals surface area contributed by atoms with Crippen LogP contribution in [0.15, 0.2) is 48.5 Å². The summed E-state index contributed by atoms with van der Waals surface area (Å²) in [6.45, 7) is 2.05. The van der Waals surface area contributed by atoms with E-state index in [1.807, 2.05) is 18.2 Å². The van der Waals surface area contributed by atoms with Gasteiger partial charge in [-0.3, -0.25) is 0 Å². The summed E-state index contributed by atoms with van der Waals surface area (Å²) in [5.74, 6) is 0. The molecular formula is C14H11F3. The van der Waals surface area contributed by atoms with Crippen LogP contribution in [0.3, 0.4) is 0 Å². The van der Waals surface area contributed by atoms with E-state index in [0.717, 1.165) is 6.07 Å². The molecule has 0 saturated carbocycles. The Labute approximate surface area is 98.7 Å². The lowest BCUT2D eigenvalue weighted by Gasteiger charge is -2.03. The third-order valence-electron chi connectivity index (χ3n) is 1.88. The molecule has 0 aliphatic carbocycles. The second-order valence-corrected chi connectivity index (χ2v) is 3.35. The molecule has 0 bridgehead atoms. The van der Waals surface area contributed by atoms with Crippen molar-refractivity contribution in [1.82, 2.24) is 0 Å². The maximum absolute atomic E-state index is 11.8. The molecule has 0 spiro atoms. The van der Waals surface area contributed by atoms with Gasteiger partial charge in [-0.15, -0.1) is 0 Å². The van der Waals surface area contributed by atoms with E-state index in [1.54, 1.807) is 0 Å². The van der Waals surface area contributed by atoms with E-state index in [9.17, 15) is 13.2 Å². The Bertz CT molecular complexity index is 418. The third kappa shape index (κ3) is 5.20. The Hall–Kier alpha value is -1.77. The Morgan fingerprint density at radius 1 is 1.00 bits per heavy atom. The van der Waals surface area contributed by atoms with Crippen molar-refractivity contribution in [2.45, 2.75) is 13.1 Å². The normalized spacial score (nSPS) is 10.4. The van der Waals surface area contributed by atoms with Crippen LogP contribution < -0.4 is 0 Å². The van der Waals surface area contributed by atoms with Crippen molar-refractivity contribution in [3.63, 3.8) is 0 Å². The Balaban J connectivity index is 0.000000181. The Kier molecular flexibility index (Phi) is 4.76. The van der Waals surface area contributed by atoms with E-state index in [4.69, 9.17) is 0 Å². The second kappa shape index (κ2) is 6.09. The van der Waals surface area contributed by atoms with Gasteiger partial charge in [-0.1, -0.05) is 48.0 Å². The summed E-state index contributed by atoms with van der Waals surface area (Å²) < 4.78 is 35.3. The summed E-state index contributed by atoms with van der Waals surface area (Å²) >= 11 is 0. The highest BCUT2D eigenvalue weighted by Gasteiger charge is 2.29. The fraction of sp³-hybridized carbons (Fsp3) is 0.143. The van der Waals surface area contributed by atoms with Gasteiger partial charge in [0.15, 0.2) is 0 Å². The molecule has 0 nitrogen and oxygen atoms in total. The van der Waals surface area contributed by atoms with Crippen molar-refractivity contribution in [3.05, 3.63) is 71.8 Å². The molecule has 0 aliphatic heterocycles. The summed E-state index contributed by atoms with van der Waals surface area (Å²) in [4.78, 5) is 0. The van der Waals surface area contributed by atoms with Crippen LogP contribution in [0.1, 0.15) is 11.1 Å². The molecule has 2 rings (SSSR count). The minimum atomic E-state index is -4.26. The number of alkyl halides is 3. The largest absolute Gasteiger partial charge is 0.417 e. The van der Waals surface area contributed by atoms with E-state index < -0.39 is 11.7 Å². The first kappa shape index (κ1) is 13.3. The summed E-state index contributed by atoms with van der Waals surface area (Å²) in [6, 6.07) is 18.0. The highest BCUT2D eigenvalue weighted by molar-refractivity contribution is 5.15. The zero-order valence-electron chi connectivity index (χ0n) is 9.25. The van der Waals surface area contributed by atoms with Gasteiger partial charge < -0.3 is 0 Å². The van der Waals surface area contributed by atoms with Gasteiger partial charge in [0.25, 0.3) is 0 Å². The SMILES string of the molecule is Cc1c[c]ccc1.FC(F)(F)c1[c]cccc1. The Morgan fingerprint density at radius 2 is 1.76 bits per heavy atom. The van der Waals surface area contributed by atoms with Crippen LogP contribution in [-0.2, 0) is 6.18 Å². The molecule has 2 radical (unpaired) electrons. The number of halogens is 3. The molecule has 0 aliphatic rings. The summed E-state index contributed by atoms with van der Waals surface area (Å²) in [5, 5.41) is 0. The first-order valence-corrected chi connectivity index (χ1v) is 4.97. The van der Waals surface area contributed by atoms with Crippen LogP contribution in [0.4, 0.5) is 13.2 Å². The maximum atomic E-state index is 11.8. The molecular weight excluding hydrogens is 225 g/mol. The molecule has 0 N–H and O–H groups in total. The van der Waals surface area contributed by atoms with E-state index in [0.29, 0.717) is 0 Å². The minimum absolute atomic E-state index is 0.727.